The molecule has 0 unspecified atom stereocenters. The quantitative estimate of drug-likeness (QED) is 0.369. The van der Waals surface area contributed by atoms with E-state index in [2.05, 4.69) is 27.9 Å². The summed E-state index contributed by atoms with van der Waals surface area (Å²) in [5.41, 5.74) is 0. The number of hydrogen-bond donors (Lipinski definition) is 3. The van der Waals surface area contributed by atoms with Gasteiger partial charge in [-0.2, -0.15) is 0 Å². The minimum atomic E-state index is -0.109. The average molecular weight is 306 g/mol. The van der Waals surface area contributed by atoms with Crippen LogP contribution in [0.4, 0.5) is 0 Å². The van der Waals surface area contributed by atoms with Crippen molar-refractivity contribution in [2.45, 2.75) is 51.6 Å². The summed E-state index contributed by atoms with van der Waals surface area (Å²) in [6.45, 7) is 3.59. The van der Waals surface area contributed by atoms with E-state index in [1.54, 1.807) is 12.3 Å². The number of guanidine groups is 1. The number of furan rings is 1. The third kappa shape index (κ3) is 6.65. The van der Waals surface area contributed by atoms with Gasteiger partial charge in [-0.05, 0) is 31.4 Å². The Hall–Kier alpha value is -1.98. The first-order valence-corrected chi connectivity index (χ1v) is 8.12. The number of hydrogen-bond acceptors (Lipinski definition) is 3. The molecule has 1 fully saturated rings. The van der Waals surface area contributed by atoms with E-state index in [0.717, 1.165) is 24.7 Å². The Morgan fingerprint density at radius 1 is 1.36 bits per heavy atom. The Balaban J connectivity index is 1.70. The highest BCUT2D eigenvalue weighted by Crippen LogP contribution is 2.18. The minimum Gasteiger partial charge on any atom is -0.467 e. The fourth-order valence-corrected chi connectivity index (χ4v) is 1.96. The van der Waals surface area contributed by atoms with E-state index in [1.807, 2.05) is 6.07 Å². The summed E-state index contributed by atoms with van der Waals surface area (Å²) in [4.78, 5) is 16.2. The number of nitrogens with zero attached hydrogens (tertiary/aromatic N) is 1. The lowest BCUT2D eigenvalue weighted by molar-refractivity contribution is -0.119. The van der Waals surface area contributed by atoms with Crippen LogP contribution in [0.5, 0.6) is 0 Å². The van der Waals surface area contributed by atoms with Crippen molar-refractivity contribution in [2.75, 3.05) is 13.1 Å². The molecule has 3 N–H and O–H groups in total. The first-order chi connectivity index (χ1) is 10.8. The monoisotopic (exact) mass is 306 g/mol. The highest BCUT2D eigenvalue weighted by molar-refractivity contribution is 5.85. The summed E-state index contributed by atoms with van der Waals surface area (Å²) < 4.78 is 5.17. The van der Waals surface area contributed by atoms with E-state index in [9.17, 15) is 4.79 Å². The molecular weight excluding hydrogens is 280 g/mol. The zero-order valence-electron chi connectivity index (χ0n) is 13.2. The Labute approximate surface area is 131 Å². The molecule has 0 aromatic carbocycles. The summed E-state index contributed by atoms with van der Waals surface area (Å²) in [6.07, 6.45) is 7.47. The molecule has 1 amide bonds. The maximum Gasteiger partial charge on any atom is 0.242 e. The van der Waals surface area contributed by atoms with Crippen LogP contribution in [0.15, 0.2) is 27.8 Å². The summed E-state index contributed by atoms with van der Waals surface area (Å²) in [5.74, 6) is 1.37. The second-order valence-corrected chi connectivity index (χ2v) is 5.57. The van der Waals surface area contributed by atoms with E-state index in [1.165, 1.54) is 25.7 Å². The highest BCUT2D eigenvalue weighted by Gasteiger charge is 2.22. The van der Waals surface area contributed by atoms with Crippen LogP contribution < -0.4 is 16.0 Å². The summed E-state index contributed by atoms with van der Waals surface area (Å²) in [7, 11) is 0. The molecule has 6 heteroatoms. The van der Waals surface area contributed by atoms with Gasteiger partial charge in [-0.1, -0.05) is 19.8 Å². The summed E-state index contributed by atoms with van der Waals surface area (Å²) in [5, 5.41) is 9.41. The van der Waals surface area contributed by atoms with Crippen molar-refractivity contribution in [1.29, 1.82) is 0 Å². The van der Waals surface area contributed by atoms with E-state index in [4.69, 9.17) is 4.42 Å². The predicted molar refractivity (Wildman–Crippen MR) is 86.5 cm³/mol. The van der Waals surface area contributed by atoms with Crippen molar-refractivity contribution in [3.05, 3.63) is 24.2 Å². The van der Waals surface area contributed by atoms with Crippen molar-refractivity contribution in [3.8, 4) is 0 Å². The maximum atomic E-state index is 11.8. The maximum absolute atomic E-state index is 11.8. The fraction of sp³-hybridized carbons (Fsp3) is 0.625. The van der Waals surface area contributed by atoms with Crippen LogP contribution in [0.3, 0.4) is 0 Å². The molecule has 0 saturated heterocycles. The molecule has 0 aliphatic heterocycles. The highest BCUT2D eigenvalue weighted by atomic mass is 16.3. The molecule has 1 saturated carbocycles. The molecule has 0 radical (unpaired) electrons. The van der Waals surface area contributed by atoms with Gasteiger partial charge in [0.1, 0.15) is 12.3 Å². The number of rotatable bonds is 9. The van der Waals surface area contributed by atoms with E-state index in [-0.39, 0.29) is 12.5 Å². The first-order valence-electron chi connectivity index (χ1n) is 8.12. The van der Waals surface area contributed by atoms with Crippen molar-refractivity contribution >= 4 is 11.9 Å². The topological polar surface area (TPSA) is 78.7 Å². The molecule has 0 atom stereocenters. The molecule has 1 aliphatic carbocycles. The summed E-state index contributed by atoms with van der Waals surface area (Å²) >= 11 is 0. The molecule has 0 spiro atoms. The van der Waals surface area contributed by atoms with Crippen LogP contribution in [0.25, 0.3) is 0 Å². The van der Waals surface area contributed by atoms with Crippen molar-refractivity contribution in [2.24, 2.45) is 4.99 Å². The smallest absolute Gasteiger partial charge is 0.242 e. The van der Waals surface area contributed by atoms with Crippen LogP contribution in [-0.4, -0.2) is 31.0 Å². The number of carbonyl (C=O) groups is 1. The third-order valence-corrected chi connectivity index (χ3v) is 3.41. The average Bonchev–Trinajstić information content (AvgIpc) is 3.18. The van der Waals surface area contributed by atoms with E-state index >= 15 is 0 Å². The zero-order chi connectivity index (χ0) is 15.6. The largest absolute Gasteiger partial charge is 0.467 e. The van der Waals surface area contributed by atoms with E-state index < -0.39 is 0 Å². The minimum absolute atomic E-state index is 0.109. The SMILES string of the molecule is CCCCCNC(=NCC(=O)NCc1ccco1)NC1CC1. The van der Waals surface area contributed by atoms with Crippen molar-refractivity contribution in [1.82, 2.24) is 16.0 Å². The Bertz CT molecular complexity index is 467. The lowest BCUT2D eigenvalue weighted by Gasteiger charge is -2.11. The lowest BCUT2D eigenvalue weighted by atomic mass is 10.2. The van der Waals surface area contributed by atoms with Crippen LogP contribution in [-0.2, 0) is 11.3 Å². The molecule has 22 heavy (non-hydrogen) atoms. The van der Waals surface area contributed by atoms with Crippen LogP contribution in [0.2, 0.25) is 0 Å². The van der Waals surface area contributed by atoms with Gasteiger partial charge >= 0.3 is 0 Å². The first kappa shape index (κ1) is 16.4. The van der Waals surface area contributed by atoms with Gasteiger partial charge in [0.25, 0.3) is 0 Å². The predicted octanol–water partition coefficient (Wildman–Crippen LogP) is 1.78. The second-order valence-electron chi connectivity index (χ2n) is 5.57. The Morgan fingerprint density at radius 2 is 2.23 bits per heavy atom. The zero-order valence-corrected chi connectivity index (χ0v) is 13.2. The van der Waals surface area contributed by atoms with Crippen LogP contribution in [0.1, 0.15) is 44.8 Å². The van der Waals surface area contributed by atoms with Gasteiger partial charge in [-0.25, -0.2) is 4.99 Å². The molecule has 122 valence electrons. The number of unbranched alkanes of at least 4 members (excludes halogenated alkanes) is 2. The molecule has 1 aliphatic rings. The van der Waals surface area contributed by atoms with Crippen LogP contribution in [0, 0.1) is 0 Å². The number of nitrogens with one attached hydrogen (secondary N) is 3. The molecular formula is C16H26N4O2. The molecule has 1 aromatic rings. The number of carbonyl (C=O) groups excluding carboxylic acids is 1. The molecule has 1 aromatic heterocycles. The van der Waals surface area contributed by atoms with Crippen molar-refractivity contribution in [3.63, 3.8) is 0 Å². The number of aliphatic imine (C=N–C) groups is 1. The van der Waals surface area contributed by atoms with Crippen molar-refractivity contribution < 1.29 is 9.21 Å². The Morgan fingerprint density at radius 3 is 2.91 bits per heavy atom. The van der Waals surface area contributed by atoms with Gasteiger partial charge in [0.05, 0.1) is 12.8 Å². The Kier molecular flexibility index (Phi) is 6.80. The van der Waals surface area contributed by atoms with Crippen LogP contribution >= 0.6 is 0 Å². The third-order valence-electron chi connectivity index (χ3n) is 3.41. The molecule has 2 rings (SSSR count). The second kappa shape index (κ2) is 9.12. The molecule has 6 nitrogen and oxygen atoms in total. The van der Waals surface area contributed by atoms with Gasteiger partial charge in [0.2, 0.25) is 5.91 Å². The van der Waals surface area contributed by atoms with Gasteiger partial charge < -0.3 is 20.4 Å². The van der Waals surface area contributed by atoms with Gasteiger partial charge in [0.15, 0.2) is 5.96 Å². The molecule has 1 heterocycles. The number of amides is 1. The standard InChI is InChI=1S/C16H26N4O2/c1-2-3-4-9-17-16(20-13-7-8-13)19-12-15(21)18-11-14-6-5-10-22-14/h5-6,10,13H,2-4,7-9,11-12H2,1H3,(H,18,21)(H2,17,19,20). The fourth-order valence-electron chi connectivity index (χ4n) is 1.96. The van der Waals surface area contributed by atoms with Gasteiger partial charge in [0, 0.05) is 12.6 Å². The normalized spacial score (nSPS) is 14.7. The summed E-state index contributed by atoms with van der Waals surface area (Å²) in [6, 6.07) is 4.15. The van der Waals surface area contributed by atoms with E-state index in [0.29, 0.717) is 12.6 Å². The lowest BCUT2D eigenvalue weighted by Crippen LogP contribution is -2.40. The van der Waals surface area contributed by atoms with Gasteiger partial charge in [-0.15, -0.1) is 0 Å². The molecule has 0 bridgehead atoms. The van der Waals surface area contributed by atoms with Gasteiger partial charge in [-0.3, -0.25) is 4.79 Å².